The summed E-state index contributed by atoms with van der Waals surface area (Å²) in [6.07, 6.45) is 0.0581. The quantitative estimate of drug-likeness (QED) is 0.521. The summed E-state index contributed by atoms with van der Waals surface area (Å²) < 4.78 is 43.1. The van der Waals surface area contributed by atoms with Crippen molar-refractivity contribution in [1.29, 1.82) is 0 Å². The molecular weight excluding hydrogens is 442 g/mol. The van der Waals surface area contributed by atoms with Crippen LogP contribution in [0.25, 0.3) is 0 Å². The fourth-order valence-electron chi connectivity index (χ4n) is 2.80. The second-order valence-corrected chi connectivity index (χ2v) is 10.6. The van der Waals surface area contributed by atoms with E-state index in [9.17, 15) is 18.0 Å². The Balaban J connectivity index is 2.50. The molecule has 2 aromatic rings. The SMILES string of the molecule is COC(=O)C(Cc1cccs1)N(CC(=O)OC(C)(C)C)S(=O)(=O)c1ccc(OC)cc1. The van der Waals surface area contributed by atoms with Crippen LogP contribution in [0.1, 0.15) is 25.6 Å². The molecule has 0 aliphatic heterocycles. The summed E-state index contributed by atoms with van der Waals surface area (Å²) in [7, 11) is -1.61. The van der Waals surface area contributed by atoms with E-state index >= 15 is 0 Å². The third-order valence-electron chi connectivity index (χ3n) is 4.17. The van der Waals surface area contributed by atoms with Gasteiger partial charge in [0.05, 0.1) is 19.1 Å². The van der Waals surface area contributed by atoms with E-state index in [-0.39, 0.29) is 11.3 Å². The zero-order chi connectivity index (χ0) is 23.2. The molecule has 0 saturated carbocycles. The van der Waals surface area contributed by atoms with Crippen molar-refractivity contribution >= 4 is 33.3 Å². The Hall–Kier alpha value is -2.43. The zero-order valence-corrected chi connectivity index (χ0v) is 19.8. The van der Waals surface area contributed by atoms with Crippen molar-refractivity contribution < 1.29 is 32.2 Å². The number of benzene rings is 1. The standard InChI is InChI=1S/C21H27NO7S2/c1-21(2,3)29-19(23)14-22(18(20(24)28-5)13-16-7-6-12-30-16)31(25,26)17-10-8-15(27-4)9-11-17/h6-12,18H,13-14H2,1-5H3. The van der Waals surface area contributed by atoms with Crippen LogP contribution in [-0.2, 0) is 35.5 Å². The van der Waals surface area contributed by atoms with Crippen molar-refractivity contribution in [2.45, 2.75) is 43.7 Å². The maximum absolute atomic E-state index is 13.5. The molecule has 0 bridgehead atoms. The number of ether oxygens (including phenoxy) is 3. The number of methoxy groups -OCH3 is 2. The second kappa shape index (κ2) is 10.3. The zero-order valence-electron chi connectivity index (χ0n) is 18.2. The van der Waals surface area contributed by atoms with Gasteiger partial charge in [0.1, 0.15) is 23.9 Å². The molecule has 1 heterocycles. The summed E-state index contributed by atoms with van der Waals surface area (Å²) in [5.41, 5.74) is -0.818. The van der Waals surface area contributed by atoms with Crippen LogP contribution in [0, 0.1) is 0 Å². The molecule has 0 N–H and O–H groups in total. The molecule has 170 valence electrons. The molecule has 0 radical (unpaired) electrons. The van der Waals surface area contributed by atoms with Gasteiger partial charge in [-0.2, -0.15) is 4.31 Å². The van der Waals surface area contributed by atoms with Gasteiger partial charge in [-0.25, -0.2) is 8.42 Å². The predicted octanol–water partition coefficient (Wildman–Crippen LogP) is 2.87. The Labute approximate surface area is 186 Å². The van der Waals surface area contributed by atoms with Crippen LogP contribution in [0.5, 0.6) is 5.75 Å². The monoisotopic (exact) mass is 469 g/mol. The molecule has 0 spiro atoms. The first kappa shape index (κ1) is 24.8. The number of esters is 2. The smallest absolute Gasteiger partial charge is 0.324 e. The van der Waals surface area contributed by atoms with E-state index in [1.54, 1.807) is 32.9 Å². The summed E-state index contributed by atoms with van der Waals surface area (Å²) in [5, 5.41) is 1.82. The van der Waals surface area contributed by atoms with Gasteiger partial charge in [0, 0.05) is 11.3 Å². The van der Waals surface area contributed by atoms with Crippen molar-refractivity contribution in [3.05, 3.63) is 46.7 Å². The van der Waals surface area contributed by atoms with Gasteiger partial charge in [0.2, 0.25) is 10.0 Å². The van der Waals surface area contributed by atoms with E-state index in [1.165, 1.54) is 49.8 Å². The predicted molar refractivity (Wildman–Crippen MR) is 117 cm³/mol. The lowest BCUT2D eigenvalue weighted by Gasteiger charge is -2.29. The van der Waals surface area contributed by atoms with Gasteiger partial charge in [-0.1, -0.05) is 6.07 Å². The molecule has 1 aromatic carbocycles. The first-order chi connectivity index (χ1) is 14.5. The minimum Gasteiger partial charge on any atom is -0.497 e. The lowest BCUT2D eigenvalue weighted by atomic mass is 10.1. The first-order valence-corrected chi connectivity index (χ1v) is 11.8. The van der Waals surface area contributed by atoms with E-state index in [0.29, 0.717) is 5.75 Å². The average Bonchev–Trinajstić information content (AvgIpc) is 3.22. The largest absolute Gasteiger partial charge is 0.497 e. The minimum atomic E-state index is -4.25. The van der Waals surface area contributed by atoms with Gasteiger partial charge in [0.25, 0.3) is 0 Å². The summed E-state index contributed by atoms with van der Waals surface area (Å²) >= 11 is 1.37. The number of sulfonamides is 1. The summed E-state index contributed by atoms with van der Waals surface area (Å²) in [6.45, 7) is 4.39. The summed E-state index contributed by atoms with van der Waals surface area (Å²) in [4.78, 5) is 25.9. The van der Waals surface area contributed by atoms with E-state index in [1.807, 2.05) is 5.38 Å². The minimum absolute atomic E-state index is 0.0581. The molecule has 0 amide bonds. The summed E-state index contributed by atoms with van der Waals surface area (Å²) in [6, 6.07) is 8.03. The molecule has 0 saturated heterocycles. The highest BCUT2D eigenvalue weighted by Crippen LogP contribution is 2.25. The van der Waals surface area contributed by atoms with Crippen molar-refractivity contribution in [3.63, 3.8) is 0 Å². The number of thiophene rings is 1. The molecule has 10 heteroatoms. The van der Waals surface area contributed by atoms with Crippen LogP contribution in [0.4, 0.5) is 0 Å². The number of carbonyl (C=O) groups is 2. The molecule has 2 rings (SSSR count). The van der Waals surface area contributed by atoms with Crippen molar-refractivity contribution in [2.24, 2.45) is 0 Å². The highest BCUT2D eigenvalue weighted by molar-refractivity contribution is 7.89. The first-order valence-electron chi connectivity index (χ1n) is 9.46. The molecular formula is C21H27NO7S2. The normalized spacial score (nSPS) is 13.0. The average molecular weight is 470 g/mol. The van der Waals surface area contributed by atoms with Crippen LogP contribution in [0.2, 0.25) is 0 Å². The molecule has 0 aliphatic carbocycles. The van der Waals surface area contributed by atoms with Crippen LogP contribution in [0.15, 0.2) is 46.7 Å². The number of nitrogens with zero attached hydrogens (tertiary/aromatic N) is 1. The van der Waals surface area contributed by atoms with Crippen molar-refractivity contribution in [1.82, 2.24) is 4.31 Å². The van der Waals surface area contributed by atoms with Gasteiger partial charge in [-0.15, -0.1) is 11.3 Å². The molecule has 8 nitrogen and oxygen atoms in total. The van der Waals surface area contributed by atoms with E-state index in [0.717, 1.165) is 9.18 Å². The maximum atomic E-state index is 13.5. The van der Waals surface area contributed by atoms with Crippen LogP contribution < -0.4 is 4.74 Å². The highest BCUT2D eigenvalue weighted by atomic mass is 32.2. The van der Waals surface area contributed by atoms with Crippen LogP contribution >= 0.6 is 11.3 Å². The molecule has 1 atom stereocenters. The van der Waals surface area contributed by atoms with Gasteiger partial charge < -0.3 is 14.2 Å². The van der Waals surface area contributed by atoms with Crippen LogP contribution in [0.3, 0.4) is 0 Å². The molecule has 1 aromatic heterocycles. The van der Waals surface area contributed by atoms with Gasteiger partial charge in [-0.3, -0.25) is 9.59 Å². The Kier molecular flexibility index (Phi) is 8.21. The topological polar surface area (TPSA) is 99.2 Å². The highest BCUT2D eigenvalue weighted by Gasteiger charge is 2.39. The van der Waals surface area contributed by atoms with Crippen molar-refractivity contribution in [3.8, 4) is 5.75 Å². The second-order valence-electron chi connectivity index (χ2n) is 7.63. The van der Waals surface area contributed by atoms with Gasteiger partial charge in [-0.05, 0) is 56.5 Å². The molecule has 0 fully saturated rings. The Morgan fingerprint density at radius 1 is 1.10 bits per heavy atom. The fraction of sp³-hybridized carbons (Fsp3) is 0.429. The fourth-order valence-corrected chi connectivity index (χ4v) is 5.07. The van der Waals surface area contributed by atoms with E-state index < -0.39 is 40.1 Å². The maximum Gasteiger partial charge on any atom is 0.324 e. The Morgan fingerprint density at radius 2 is 1.74 bits per heavy atom. The van der Waals surface area contributed by atoms with E-state index in [4.69, 9.17) is 14.2 Å². The lowest BCUT2D eigenvalue weighted by molar-refractivity contribution is -0.156. The number of rotatable bonds is 9. The Morgan fingerprint density at radius 3 is 2.23 bits per heavy atom. The Bertz CT molecular complexity index is 978. The third-order valence-corrected chi connectivity index (χ3v) is 6.93. The van der Waals surface area contributed by atoms with Crippen molar-refractivity contribution in [2.75, 3.05) is 20.8 Å². The lowest BCUT2D eigenvalue weighted by Crippen LogP contribution is -2.49. The number of hydrogen-bond donors (Lipinski definition) is 0. The van der Waals surface area contributed by atoms with Gasteiger partial charge >= 0.3 is 11.9 Å². The number of carbonyl (C=O) groups excluding carboxylic acids is 2. The molecule has 31 heavy (non-hydrogen) atoms. The van der Waals surface area contributed by atoms with Crippen LogP contribution in [-0.4, -0.2) is 57.1 Å². The summed E-state index contributed by atoms with van der Waals surface area (Å²) in [5.74, 6) is -1.07. The van der Waals surface area contributed by atoms with Gasteiger partial charge in [0.15, 0.2) is 0 Å². The third kappa shape index (κ3) is 6.78. The number of hydrogen-bond acceptors (Lipinski definition) is 8. The molecule has 0 aliphatic rings. The molecule has 1 unspecified atom stereocenters. The van der Waals surface area contributed by atoms with E-state index in [2.05, 4.69) is 0 Å².